The Bertz CT molecular complexity index is 544. The number of aliphatic hydroxyl groups is 1. The quantitative estimate of drug-likeness (QED) is 0.832. The molecular weight excluding hydrogens is 294 g/mol. The Morgan fingerprint density at radius 3 is 2.64 bits per heavy atom. The largest absolute Gasteiger partial charge is 0.496 e. The molecule has 1 aromatic carbocycles. The number of benzene rings is 1. The first-order valence-electron chi connectivity index (χ1n) is 7.84. The number of aliphatic hydroxyl groups excluding tert-OH is 1. The van der Waals surface area contributed by atoms with Crippen molar-refractivity contribution >= 4 is 17.2 Å². The molecule has 122 valence electrons. The van der Waals surface area contributed by atoms with Crippen molar-refractivity contribution in [1.29, 1.82) is 0 Å². The van der Waals surface area contributed by atoms with Crippen LogP contribution in [0.25, 0.3) is 0 Å². The number of rotatable bonds is 4. The van der Waals surface area contributed by atoms with E-state index in [0.717, 1.165) is 37.1 Å². The second-order valence-corrected chi connectivity index (χ2v) is 8.00. The first kappa shape index (κ1) is 17.2. The molecule has 0 amide bonds. The Kier molecular flexibility index (Phi) is 5.13. The maximum absolute atomic E-state index is 10.2. The highest BCUT2D eigenvalue weighted by molar-refractivity contribution is 7.80. The molecule has 1 saturated carbocycles. The summed E-state index contributed by atoms with van der Waals surface area (Å²) >= 11 is 5.53. The van der Waals surface area contributed by atoms with Crippen LogP contribution in [-0.4, -0.2) is 29.9 Å². The maximum Gasteiger partial charge on any atom is 0.129 e. The Morgan fingerprint density at radius 2 is 2.00 bits per heavy atom. The van der Waals surface area contributed by atoms with Crippen molar-refractivity contribution in [3.05, 3.63) is 29.8 Å². The average Bonchev–Trinajstić information content (AvgIpc) is 2.42. The first-order chi connectivity index (χ1) is 10.2. The van der Waals surface area contributed by atoms with E-state index >= 15 is 0 Å². The van der Waals surface area contributed by atoms with Crippen LogP contribution in [0.2, 0.25) is 0 Å². The number of nitrogens with one attached hydrogen (secondary N) is 1. The molecule has 4 heteroatoms. The number of methoxy groups -OCH3 is 1. The third kappa shape index (κ3) is 4.20. The summed E-state index contributed by atoms with van der Waals surface area (Å²) in [4.78, 5) is 0.705. The zero-order chi connectivity index (χ0) is 16.4. The van der Waals surface area contributed by atoms with E-state index in [-0.39, 0.29) is 16.9 Å². The van der Waals surface area contributed by atoms with Gasteiger partial charge in [-0.25, -0.2) is 0 Å². The van der Waals surface area contributed by atoms with Gasteiger partial charge < -0.3 is 15.2 Å². The molecule has 2 atom stereocenters. The van der Waals surface area contributed by atoms with Crippen molar-refractivity contribution in [3.63, 3.8) is 0 Å². The normalized spacial score (nSPS) is 27.2. The Balaban J connectivity index is 2.04. The lowest BCUT2D eigenvalue weighted by molar-refractivity contribution is -0.00680. The molecule has 1 aliphatic rings. The number of ether oxygens (including phenoxy) is 1. The highest BCUT2D eigenvalue weighted by Gasteiger charge is 2.40. The van der Waals surface area contributed by atoms with Crippen molar-refractivity contribution < 1.29 is 9.84 Å². The minimum atomic E-state index is -0.226. The maximum atomic E-state index is 10.2. The number of thiocarbonyl (C=S) groups is 1. The van der Waals surface area contributed by atoms with E-state index in [4.69, 9.17) is 17.0 Å². The molecule has 0 unspecified atom stereocenters. The van der Waals surface area contributed by atoms with Gasteiger partial charge in [0, 0.05) is 6.54 Å². The summed E-state index contributed by atoms with van der Waals surface area (Å²) in [7, 11) is 1.66. The topological polar surface area (TPSA) is 41.5 Å². The minimum absolute atomic E-state index is 0.0489. The van der Waals surface area contributed by atoms with Crippen LogP contribution < -0.4 is 10.1 Å². The summed E-state index contributed by atoms with van der Waals surface area (Å²) in [5.74, 6) is 0.786. The summed E-state index contributed by atoms with van der Waals surface area (Å²) in [5.41, 5.74) is 1.13. The SMILES string of the molecule is COc1ccccc1C(=S)NC[C@@]1(C)C[C@@H](O)CC(C)(C)C1. The Morgan fingerprint density at radius 1 is 1.32 bits per heavy atom. The molecule has 1 aliphatic carbocycles. The van der Waals surface area contributed by atoms with Gasteiger partial charge in [-0.1, -0.05) is 45.1 Å². The van der Waals surface area contributed by atoms with Gasteiger partial charge in [0.15, 0.2) is 0 Å². The fraction of sp³-hybridized carbons (Fsp3) is 0.611. The predicted octanol–water partition coefficient (Wildman–Crippen LogP) is 3.54. The minimum Gasteiger partial charge on any atom is -0.496 e. The molecule has 0 saturated heterocycles. The van der Waals surface area contributed by atoms with Gasteiger partial charge in [-0.05, 0) is 42.2 Å². The molecule has 0 radical (unpaired) electrons. The van der Waals surface area contributed by atoms with Crippen molar-refractivity contribution in [2.24, 2.45) is 10.8 Å². The first-order valence-corrected chi connectivity index (χ1v) is 8.25. The summed E-state index contributed by atoms with van der Waals surface area (Å²) in [6.45, 7) is 7.46. The standard InChI is InChI=1S/C18H27NO2S/c1-17(2)9-13(20)10-18(3,11-17)12-19-16(22)14-7-5-6-8-15(14)21-4/h5-8,13,20H,9-12H2,1-4H3,(H,19,22)/t13-,18-/m0/s1. The number of hydrogen-bond acceptors (Lipinski definition) is 3. The second-order valence-electron chi connectivity index (χ2n) is 7.60. The van der Waals surface area contributed by atoms with Gasteiger partial charge in [0.25, 0.3) is 0 Å². The molecular formula is C18H27NO2S. The van der Waals surface area contributed by atoms with Gasteiger partial charge >= 0.3 is 0 Å². The van der Waals surface area contributed by atoms with E-state index in [1.165, 1.54) is 0 Å². The van der Waals surface area contributed by atoms with E-state index in [1.807, 2.05) is 24.3 Å². The van der Waals surface area contributed by atoms with Gasteiger partial charge in [0.1, 0.15) is 10.7 Å². The smallest absolute Gasteiger partial charge is 0.129 e. The highest BCUT2D eigenvalue weighted by atomic mass is 32.1. The van der Waals surface area contributed by atoms with Crippen LogP contribution in [0.15, 0.2) is 24.3 Å². The van der Waals surface area contributed by atoms with E-state index in [1.54, 1.807) is 7.11 Å². The van der Waals surface area contributed by atoms with Gasteiger partial charge in [0.05, 0.1) is 18.8 Å². The van der Waals surface area contributed by atoms with E-state index in [0.29, 0.717) is 4.99 Å². The molecule has 1 aromatic rings. The molecule has 0 heterocycles. The van der Waals surface area contributed by atoms with E-state index in [2.05, 4.69) is 26.1 Å². The van der Waals surface area contributed by atoms with Crippen LogP contribution >= 0.6 is 12.2 Å². The summed E-state index contributed by atoms with van der Waals surface area (Å²) < 4.78 is 5.37. The molecule has 2 N–H and O–H groups in total. The summed E-state index contributed by atoms with van der Waals surface area (Å²) in [6, 6.07) is 7.78. The number of para-hydroxylation sites is 1. The lowest BCUT2D eigenvalue weighted by Crippen LogP contribution is -2.45. The summed E-state index contributed by atoms with van der Waals surface area (Å²) in [5, 5.41) is 13.5. The van der Waals surface area contributed by atoms with Crippen molar-refractivity contribution in [2.75, 3.05) is 13.7 Å². The van der Waals surface area contributed by atoms with E-state index in [9.17, 15) is 5.11 Å². The molecule has 1 fully saturated rings. The fourth-order valence-corrected chi connectivity index (χ4v) is 4.18. The Labute approximate surface area is 139 Å². The van der Waals surface area contributed by atoms with Crippen molar-refractivity contribution in [2.45, 2.75) is 46.1 Å². The predicted molar refractivity (Wildman–Crippen MR) is 94.4 cm³/mol. The van der Waals surface area contributed by atoms with E-state index < -0.39 is 0 Å². The molecule has 2 rings (SSSR count). The number of hydrogen-bond donors (Lipinski definition) is 2. The van der Waals surface area contributed by atoms with Gasteiger partial charge in [-0.3, -0.25) is 0 Å². The fourth-order valence-electron chi connectivity index (χ4n) is 3.93. The molecule has 22 heavy (non-hydrogen) atoms. The van der Waals surface area contributed by atoms with Crippen LogP contribution in [-0.2, 0) is 0 Å². The van der Waals surface area contributed by atoms with Crippen LogP contribution in [0.3, 0.4) is 0 Å². The van der Waals surface area contributed by atoms with Crippen LogP contribution in [0.1, 0.15) is 45.6 Å². The molecule has 0 spiro atoms. The lowest BCUT2D eigenvalue weighted by Gasteiger charge is -2.45. The molecule has 0 aliphatic heterocycles. The third-order valence-electron chi connectivity index (χ3n) is 4.45. The van der Waals surface area contributed by atoms with Gasteiger partial charge in [-0.2, -0.15) is 0 Å². The lowest BCUT2D eigenvalue weighted by atomic mass is 9.63. The van der Waals surface area contributed by atoms with Gasteiger partial charge in [-0.15, -0.1) is 0 Å². The van der Waals surface area contributed by atoms with Crippen LogP contribution in [0.4, 0.5) is 0 Å². The second kappa shape index (κ2) is 6.55. The highest BCUT2D eigenvalue weighted by Crippen LogP contribution is 2.45. The van der Waals surface area contributed by atoms with Crippen molar-refractivity contribution in [1.82, 2.24) is 5.32 Å². The van der Waals surface area contributed by atoms with Crippen LogP contribution in [0, 0.1) is 10.8 Å². The third-order valence-corrected chi connectivity index (χ3v) is 4.81. The Hall–Kier alpha value is -1.13. The van der Waals surface area contributed by atoms with Crippen molar-refractivity contribution in [3.8, 4) is 5.75 Å². The average molecular weight is 321 g/mol. The monoisotopic (exact) mass is 321 g/mol. The van der Waals surface area contributed by atoms with Gasteiger partial charge in [0.2, 0.25) is 0 Å². The molecule has 0 aromatic heterocycles. The summed E-state index contributed by atoms with van der Waals surface area (Å²) in [6.07, 6.45) is 2.55. The molecule has 3 nitrogen and oxygen atoms in total. The zero-order valence-corrected chi connectivity index (χ0v) is 14.8. The zero-order valence-electron chi connectivity index (χ0n) is 14.0. The van der Waals surface area contributed by atoms with Crippen LogP contribution in [0.5, 0.6) is 5.75 Å². The molecule has 0 bridgehead atoms.